The standard InChI is InChI=1S/C16H27NO2/c1-14(2)15-8-4-5-9-16(15)19-12-7-6-10-17-11-13-18-3/h4-5,8-9,14,17H,6-7,10-13H2,1-3H3. The third-order valence-corrected chi connectivity index (χ3v) is 3.03. The number of benzene rings is 1. The molecule has 0 aliphatic heterocycles. The van der Waals surface area contributed by atoms with Gasteiger partial charge in [0.05, 0.1) is 13.2 Å². The summed E-state index contributed by atoms with van der Waals surface area (Å²) in [5, 5.41) is 3.33. The molecule has 0 heterocycles. The summed E-state index contributed by atoms with van der Waals surface area (Å²) in [5.41, 5.74) is 1.29. The van der Waals surface area contributed by atoms with Crippen LogP contribution in [0.4, 0.5) is 0 Å². The third kappa shape index (κ3) is 6.60. The Morgan fingerprint density at radius 2 is 1.84 bits per heavy atom. The van der Waals surface area contributed by atoms with E-state index in [2.05, 4.69) is 37.4 Å². The first-order chi connectivity index (χ1) is 9.25. The van der Waals surface area contributed by atoms with Crippen molar-refractivity contribution in [3.8, 4) is 5.75 Å². The van der Waals surface area contributed by atoms with Gasteiger partial charge in [-0.1, -0.05) is 32.0 Å². The lowest BCUT2D eigenvalue weighted by Crippen LogP contribution is -2.20. The summed E-state index contributed by atoms with van der Waals surface area (Å²) in [7, 11) is 1.72. The summed E-state index contributed by atoms with van der Waals surface area (Å²) in [5.74, 6) is 1.54. The van der Waals surface area contributed by atoms with Gasteiger partial charge in [0.25, 0.3) is 0 Å². The SMILES string of the molecule is COCCNCCCCOc1ccccc1C(C)C. The Balaban J connectivity index is 2.16. The molecule has 0 amide bonds. The van der Waals surface area contributed by atoms with Gasteiger partial charge in [-0.2, -0.15) is 0 Å². The van der Waals surface area contributed by atoms with Gasteiger partial charge in [-0.25, -0.2) is 0 Å². The van der Waals surface area contributed by atoms with Crippen LogP contribution in [0.3, 0.4) is 0 Å². The maximum absolute atomic E-state index is 5.87. The average molecular weight is 265 g/mol. The quantitative estimate of drug-likeness (QED) is 0.659. The molecule has 108 valence electrons. The van der Waals surface area contributed by atoms with Crippen molar-refractivity contribution in [1.82, 2.24) is 5.32 Å². The molecule has 1 N–H and O–H groups in total. The van der Waals surface area contributed by atoms with Crippen molar-refractivity contribution in [1.29, 1.82) is 0 Å². The minimum Gasteiger partial charge on any atom is -0.493 e. The van der Waals surface area contributed by atoms with E-state index in [1.54, 1.807) is 7.11 Å². The van der Waals surface area contributed by atoms with Gasteiger partial charge in [-0.15, -0.1) is 0 Å². The number of ether oxygens (including phenoxy) is 2. The molecule has 0 bridgehead atoms. The lowest BCUT2D eigenvalue weighted by molar-refractivity contribution is 0.199. The van der Waals surface area contributed by atoms with E-state index in [-0.39, 0.29) is 0 Å². The molecule has 0 radical (unpaired) electrons. The largest absolute Gasteiger partial charge is 0.493 e. The molecule has 3 heteroatoms. The van der Waals surface area contributed by atoms with Crippen molar-refractivity contribution in [3.63, 3.8) is 0 Å². The Labute approximate surface area is 117 Å². The van der Waals surface area contributed by atoms with Crippen molar-refractivity contribution in [2.45, 2.75) is 32.6 Å². The van der Waals surface area contributed by atoms with E-state index in [0.29, 0.717) is 5.92 Å². The summed E-state index contributed by atoms with van der Waals surface area (Å²) in [6.45, 7) is 7.91. The fourth-order valence-electron chi connectivity index (χ4n) is 1.92. The van der Waals surface area contributed by atoms with Gasteiger partial charge in [0.2, 0.25) is 0 Å². The number of nitrogens with one attached hydrogen (secondary N) is 1. The highest BCUT2D eigenvalue weighted by Gasteiger charge is 2.06. The van der Waals surface area contributed by atoms with Gasteiger partial charge in [-0.3, -0.25) is 0 Å². The molecule has 0 unspecified atom stereocenters. The number of para-hydroxylation sites is 1. The maximum atomic E-state index is 5.87. The lowest BCUT2D eigenvalue weighted by Gasteiger charge is -2.13. The fourth-order valence-corrected chi connectivity index (χ4v) is 1.92. The zero-order valence-corrected chi connectivity index (χ0v) is 12.4. The van der Waals surface area contributed by atoms with Crippen molar-refractivity contribution < 1.29 is 9.47 Å². The summed E-state index contributed by atoms with van der Waals surface area (Å²) in [6.07, 6.45) is 2.21. The second-order valence-electron chi connectivity index (χ2n) is 4.99. The zero-order chi connectivity index (χ0) is 13.9. The van der Waals surface area contributed by atoms with E-state index in [9.17, 15) is 0 Å². The molecule has 19 heavy (non-hydrogen) atoms. The van der Waals surface area contributed by atoms with Gasteiger partial charge in [0.1, 0.15) is 5.75 Å². The second-order valence-corrected chi connectivity index (χ2v) is 4.99. The highest BCUT2D eigenvalue weighted by atomic mass is 16.5. The van der Waals surface area contributed by atoms with Crippen LogP contribution in [0.15, 0.2) is 24.3 Å². The molecule has 0 saturated heterocycles. The molecule has 0 aromatic heterocycles. The van der Waals surface area contributed by atoms with Gasteiger partial charge in [0.15, 0.2) is 0 Å². The van der Waals surface area contributed by atoms with Crippen molar-refractivity contribution >= 4 is 0 Å². The van der Waals surface area contributed by atoms with Gasteiger partial charge < -0.3 is 14.8 Å². The normalized spacial score (nSPS) is 10.9. The lowest BCUT2D eigenvalue weighted by atomic mass is 10.0. The Morgan fingerprint density at radius 3 is 2.58 bits per heavy atom. The topological polar surface area (TPSA) is 30.5 Å². The van der Waals surface area contributed by atoms with Gasteiger partial charge in [0, 0.05) is 13.7 Å². The molecule has 0 aliphatic rings. The predicted octanol–water partition coefficient (Wildman–Crippen LogP) is 3.21. The summed E-state index contributed by atoms with van der Waals surface area (Å²) in [4.78, 5) is 0. The molecule has 0 fully saturated rings. The molecular formula is C16H27NO2. The smallest absolute Gasteiger partial charge is 0.122 e. The maximum Gasteiger partial charge on any atom is 0.122 e. The van der Waals surface area contributed by atoms with Crippen molar-refractivity contribution in [3.05, 3.63) is 29.8 Å². The summed E-state index contributed by atoms with van der Waals surface area (Å²) in [6, 6.07) is 8.31. The third-order valence-electron chi connectivity index (χ3n) is 3.03. The van der Waals surface area contributed by atoms with Gasteiger partial charge in [-0.05, 0) is 36.9 Å². The molecule has 0 atom stereocenters. The van der Waals surface area contributed by atoms with Crippen LogP contribution < -0.4 is 10.1 Å². The zero-order valence-electron chi connectivity index (χ0n) is 12.4. The molecular weight excluding hydrogens is 238 g/mol. The Bertz CT molecular complexity index is 339. The first-order valence-electron chi connectivity index (χ1n) is 7.17. The fraction of sp³-hybridized carbons (Fsp3) is 0.625. The number of rotatable bonds is 10. The van der Waals surface area contributed by atoms with Crippen LogP contribution in [0.1, 0.15) is 38.2 Å². The van der Waals surface area contributed by atoms with Crippen LogP contribution in [0.5, 0.6) is 5.75 Å². The molecule has 1 aromatic carbocycles. The van der Waals surface area contributed by atoms with Crippen LogP contribution in [-0.2, 0) is 4.74 Å². The van der Waals surface area contributed by atoms with E-state index in [1.165, 1.54) is 5.56 Å². The van der Waals surface area contributed by atoms with Crippen LogP contribution in [0.2, 0.25) is 0 Å². The molecule has 0 spiro atoms. The highest BCUT2D eigenvalue weighted by Crippen LogP contribution is 2.25. The number of hydrogen-bond donors (Lipinski definition) is 1. The minimum atomic E-state index is 0.506. The van der Waals surface area contributed by atoms with Crippen molar-refractivity contribution in [2.75, 3.05) is 33.4 Å². The summed E-state index contributed by atoms with van der Waals surface area (Å²) < 4.78 is 10.8. The second kappa shape index (κ2) is 9.82. The Hall–Kier alpha value is -1.06. The van der Waals surface area contributed by atoms with Crippen LogP contribution in [-0.4, -0.2) is 33.4 Å². The van der Waals surface area contributed by atoms with E-state index < -0.39 is 0 Å². The van der Waals surface area contributed by atoms with Crippen LogP contribution in [0, 0.1) is 0 Å². The van der Waals surface area contributed by atoms with Crippen LogP contribution in [0.25, 0.3) is 0 Å². The van der Waals surface area contributed by atoms with Crippen molar-refractivity contribution in [2.24, 2.45) is 0 Å². The minimum absolute atomic E-state index is 0.506. The highest BCUT2D eigenvalue weighted by molar-refractivity contribution is 5.35. The Kier molecular flexibility index (Phi) is 8.26. The average Bonchev–Trinajstić information content (AvgIpc) is 2.42. The molecule has 3 nitrogen and oxygen atoms in total. The monoisotopic (exact) mass is 265 g/mol. The molecule has 1 rings (SSSR count). The molecule has 0 saturated carbocycles. The summed E-state index contributed by atoms with van der Waals surface area (Å²) >= 11 is 0. The predicted molar refractivity (Wildman–Crippen MR) is 80.0 cm³/mol. The molecule has 1 aromatic rings. The Morgan fingerprint density at radius 1 is 1.05 bits per heavy atom. The van der Waals surface area contributed by atoms with E-state index in [0.717, 1.165) is 44.9 Å². The van der Waals surface area contributed by atoms with Crippen LogP contribution >= 0.6 is 0 Å². The van der Waals surface area contributed by atoms with E-state index in [1.807, 2.05) is 6.07 Å². The van der Waals surface area contributed by atoms with E-state index >= 15 is 0 Å². The first-order valence-corrected chi connectivity index (χ1v) is 7.17. The number of methoxy groups -OCH3 is 1. The number of hydrogen-bond acceptors (Lipinski definition) is 3. The van der Waals surface area contributed by atoms with E-state index in [4.69, 9.17) is 9.47 Å². The first kappa shape index (κ1) is 16.0. The molecule has 0 aliphatic carbocycles. The number of unbranched alkanes of at least 4 members (excludes halogenated alkanes) is 1. The van der Waals surface area contributed by atoms with Gasteiger partial charge >= 0.3 is 0 Å².